The lowest BCUT2D eigenvalue weighted by Gasteiger charge is -2.24. The fourth-order valence-electron chi connectivity index (χ4n) is 3.34. The molecule has 0 fully saturated rings. The molecule has 6 nitrogen and oxygen atoms in total. The molecule has 2 aromatic rings. The Morgan fingerprint density at radius 3 is 2.61 bits per heavy atom. The van der Waals surface area contributed by atoms with Gasteiger partial charge in [-0.05, 0) is 48.6 Å². The van der Waals surface area contributed by atoms with Gasteiger partial charge in [-0.1, -0.05) is 37.3 Å². The van der Waals surface area contributed by atoms with Crippen molar-refractivity contribution in [3.05, 3.63) is 59.7 Å². The molecule has 0 aromatic heterocycles. The number of hydrogen-bond donors (Lipinski definition) is 3. The normalized spacial score (nSPS) is 16.6. The maximum absolute atomic E-state index is 12.2. The summed E-state index contributed by atoms with van der Waals surface area (Å²) in [6, 6.07) is 14.9. The van der Waals surface area contributed by atoms with Crippen LogP contribution in [0.3, 0.4) is 0 Å². The largest absolute Gasteiger partial charge is 0.481 e. The Kier molecular flexibility index (Phi) is 6.09. The van der Waals surface area contributed by atoms with Gasteiger partial charge < -0.3 is 15.7 Å². The van der Waals surface area contributed by atoms with Gasteiger partial charge in [0, 0.05) is 23.7 Å². The van der Waals surface area contributed by atoms with E-state index >= 15 is 0 Å². The number of carbonyl (C=O) groups is 3. The van der Waals surface area contributed by atoms with Crippen LogP contribution in [0.15, 0.2) is 48.5 Å². The van der Waals surface area contributed by atoms with Crippen molar-refractivity contribution in [2.45, 2.75) is 32.6 Å². The van der Waals surface area contributed by atoms with Crippen molar-refractivity contribution in [3.8, 4) is 0 Å². The van der Waals surface area contributed by atoms with Crippen LogP contribution in [0.1, 0.15) is 30.9 Å². The summed E-state index contributed by atoms with van der Waals surface area (Å²) < 4.78 is 0. The molecular formula is C22H24N2O4. The van der Waals surface area contributed by atoms with E-state index in [2.05, 4.69) is 10.6 Å². The molecule has 3 rings (SSSR count). The Bertz CT molecular complexity index is 876. The van der Waals surface area contributed by atoms with E-state index < -0.39 is 11.9 Å². The average Bonchev–Trinajstić information content (AvgIpc) is 2.67. The van der Waals surface area contributed by atoms with Crippen LogP contribution in [0.4, 0.5) is 11.4 Å². The Morgan fingerprint density at radius 1 is 1.18 bits per heavy atom. The monoisotopic (exact) mass is 380 g/mol. The third kappa shape index (κ3) is 4.97. The van der Waals surface area contributed by atoms with E-state index in [4.69, 9.17) is 5.11 Å². The second-order valence-electron chi connectivity index (χ2n) is 7.27. The minimum atomic E-state index is -0.827. The summed E-state index contributed by atoms with van der Waals surface area (Å²) in [5.74, 6) is -1.67. The highest BCUT2D eigenvalue weighted by molar-refractivity contribution is 5.96. The van der Waals surface area contributed by atoms with Gasteiger partial charge in [0.05, 0.1) is 5.92 Å². The summed E-state index contributed by atoms with van der Waals surface area (Å²) in [6.45, 7) is 1.66. The SMILES string of the molecule is CC(Cc1ccc(NC(=O)CCC2Cc3ccccc3NC2=O)cc1)C(=O)O. The number of fused-ring (bicyclic) bond motifs is 1. The summed E-state index contributed by atoms with van der Waals surface area (Å²) >= 11 is 0. The number of nitrogens with one attached hydrogen (secondary N) is 2. The second kappa shape index (κ2) is 8.69. The summed E-state index contributed by atoms with van der Waals surface area (Å²) in [6.07, 6.45) is 1.84. The molecule has 3 N–H and O–H groups in total. The van der Waals surface area contributed by atoms with Crippen molar-refractivity contribution >= 4 is 29.2 Å². The first-order valence-electron chi connectivity index (χ1n) is 9.42. The summed E-state index contributed by atoms with van der Waals surface area (Å²) in [5, 5.41) is 14.7. The van der Waals surface area contributed by atoms with Crippen molar-refractivity contribution < 1.29 is 19.5 Å². The molecule has 1 aliphatic rings. The first kappa shape index (κ1) is 19.6. The third-order valence-electron chi connectivity index (χ3n) is 5.03. The Hall–Kier alpha value is -3.15. The molecule has 1 heterocycles. The number of carboxylic acids is 1. The van der Waals surface area contributed by atoms with Crippen molar-refractivity contribution in [1.29, 1.82) is 0 Å². The smallest absolute Gasteiger partial charge is 0.306 e. The number of amides is 2. The minimum absolute atomic E-state index is 0.0385. The van der Waals surface area contributed by atoms with Crippen LogP contribution < -0.4 is 10.6 Å². The van der Waals surface area contributed by atoms with Crippen LogP contribution in [-0.4, -0.2) is 22.9 Å². The number of carbonyl (C=O) groups excluding carboxylic acids is 2. The van der Waals surface area contributed by atoms with Gasteiger partial charge in [-0.3, -0.25) is 14.4 Å². The fraction of sp³-hybridized carbons (Fsp3) is 0.318. The number of anilines is 2. The van der Waals surface area contributed by atoms with E-state index in [1.165, 1.54) is 0 Å². The number of rotatable bonds is 7. The van der Waals surface area contributed by atoms with E-state index in [0.717, 1.165) is 16.8 Å². The van der Waals surface area contributed by atoms with Crippen LogP contribution >= 0.6 is 0 Å². The zero-order valence-corrected chi connectivity index (χ0v) is 15.8. The average molecular weight is 380 g/mol. The van der Waals surface area contributed by atoms with Gasteiger partial charge in [0.15, 0.2) is 0 Å². The number of benzene rings is 2. The predicted octanol–water partition coefficient (Wildman–Crippen LogP) is 3.48. The molecule has 6 heteroatoms. The lowest BCUT2D eigenvalue weighted by atomic mass is 9.89. The Morgan fingerprint density at radius 2 is 1.89 bits per heavy atom. The molecular weight excluding hydrogens is 356 g/mol. The summed E-state index contributed by atoms with van der Waals surface area (Å²) in [5.41, 5.74) is 3.52. The highest BCUT2D eigenvalue weighted by Crippen LogP contribution is 2.27. The Labute approximate surface area is 164 Å². The molecule has 0 aliphatic carbocycles. The van der Waals surface area contributed by atoms with E-state index in [1.807, 2.05) is 36.4 Å². The quantitative estimate of drug-likeness (QED) is 0.685. The van der Waals surface area contributed by atoms with Gasteiger partial charge >= 0.3 is 5.97 Å². The van der Waals surface area contributed by atoms with Crippen molar-refractivity contribution in [1.82, 2.24) is 0 Å². The second-order valence-corrected chi connectivity index (χ2v) is 7.27. The lowest BCUT2D eigenvalue weighted by Crippen LogP contribution is -2.30. The van der Waals surface area contributed by atoms with Gasteiger partial charge in [0.25, 0.3) is 0 Å². The van der Waals surface area contributed by atoms with Crippen molar-refractivity contribution in [3.63, 3.8) is 0 Å². The van der Waals surface area contributed by atoms with Crippen LogP contribution in [0, 0.1) is 11.8 Å². The molecule has 2 unspecified atom stereocenters. The predicted molar refractivity (Wildman–Crippen MR) is 107 cm³/mol. The maximum atomic E-state index is 12.2. The van der Waals surface area contributed by atoms with Gasteiger partial charge in [-0.25, -0.2) is 0 Å². The maximum Gasteiger partial charge on any atom is 0.306 e. The van der Waals surface area contributed by atoms with Crippen molar-refractivity contribution in [2.75, 3.05) is 10.6 Å². The number of aliphatic carboxylic acids is 1. The summed E-state index contributed by atoms with van der Waals surface area (Å²) in [4.78, 5) is 35.4. The molecule has 2 atom stereocenters. The number of carboxylic acid groups (broad SMARTS) is 1. The molecule has 0 saturated heterocycles. The highest BCUT2D eigenvalue weighted by Gasteiger charge is 2.26. The highest BCUT2D eigenvalue weighted by atomic mass is 16.4. The van der Waals surface area contributed by atoms with E-state index in [9.17, 15) is 14.4 Å². The zero-order chi connectivity index (χ0) is 20.1. The standard InChI is InChI=1S/C22H24N2O4/c1-14(22(27)28)12-15-6-9-18(10-7-15)23-20(25)11-8-17-13-16-4-2-3-5-19(16)24-21(17)26/h2-7,9-10,14,17H,8,11-13H2,1H3,(H,23,25)(H,24,26)(H,27,28). The molecule has 146 valence electrons. The molecule has 2 amide bonds. The number of hydrogen-bond acceptors (Lipinski definition) is 3. The van der Waals surface area contributed by atoms with Crippen LogP contribution in [0.25, 0.3) is 0 Å². The lowest BCUT2D eigenvalue weighted by molar-refractivity contribution is -0.141. The third-order valence-corrected chi connectivity index (χ3v) is 5.03. The van der Waals surface area contributed by atoms with E-state index in [-0.39, 0.29) is 24.2 Å². The zero-order valence-electron chi connectivity index (χ0n) is 15.8. The fourth-order valence-corrected chi connectivity index (χ4v) is 3.34. The molecule has 0 spiro atoms. The topological polar surface area (TPSA) is 95.5 Å². The Balaban J connectivity index is 1.49. The van der Waals surface area contributed by atoms with Gasteiger partial charge in [0.1, 0.15) is 0 Å². The van der Waals surface area contributed by atoms with Gasteiger partial charge in [-0.2, -0.15) is 0 Å². The van der Waals surface area contributed by atoms with Crippen LogP contribution in [0.2, 0.25) is 0 Å². The molecule has 0 saturated carbocycles. The van der Waals surface area contributed by atoms with Crippen LogP contribution in [-0.2, 0) is 27.2 Å². The molecule has 28 heavy (non-hydrogen) atoms. The molecule has 1 aliphatic heterocycles. The van der Waals surface area contributed by atoms with Crippen molar-refractivity contribution in [2.24, 2.45) is 11.8 Å². The minimum Gasteiger partial charge on any atom is -0.481 e. The first-order valence-corrected chi connectivity index (χ1v) is 9.42. The molecule has 0 bridgehead atoms. The molecule has 2 aromatic carbocycles. The van der Waals surface area contributed by atoms with Gasteiger partial charge in [0.2, 0.25) is 11.8 Å². The first-order chi connectivity index (χ1) is 13.4. The molecule has 0 radical (unpaired) electrons. The van der Waals surface area contributed by atoms with Gasteiger partial charge in [-0.15, -0.1) is 0 Å². The summed E-state index contributed by atoms with van der Waals surface area (Å²) in [7, 11) is 0. The van der Waals surface area contributed by atoms with Crippen LogP contribution in [0.5, 0.6) is 0 Å². The number of para-hydroxylation sites is 1. The van der Waals surface area contributed by atoms with E-state index in [0.29, 0.717) is 24.9 Å². The van der Waals surface area contributed by atoms with E-state index in [1.54, 1.807) is 19.1 Å².